The van der Waals surface area contributed by atoms with Crippen molar-refractivity contribution in [2.45, 2.75) is 19.3 Å². The van der Waals surface area contributed by atoms with Crippen LogP contribution in [0.3, 0.4) is 0 Å². The highest BCUT2D eigenvalue weighted by atomic mass is 35.5. The minimum absolute atomic E-state index is 0.0916. The van der Waals surface area contributed by atoms with Crippen molar-refractivity contribution in [3.63, 3.8) is 0 Å². The molecule has 138 valence electrons. The van der Waals surface area contributed by atoms with Crippen molar-refractivity contribution in [1.29, 1.82) is 0 Å². The summed E-state index contributed by atoms with van der Waals surface area (Å²) >= 11 is 5.83. The Labute approximate surface area is 153 Å². The quantitative estimate of drug-likeness (QED) is 0.680. The number of ether oxygens (including phenoxy) is 1. The molecule has 0 bridgehead atoms. The molecular weight excluding hydrogens is 360 g/mol. The fourth-order valence-electron chi connectivity index (χ4n) is 2.71. The Bertz CT molecular complexity index is 1040. The second-order valence-corrected chi connectivity index (χ2v) is 6.51. The maximum absolute atomic E-state index is 12.4. The highest BCUT2D eigenvalue weighted by Gasteiger charge is 2.16. The third-order valence-electron chi connectivity index (χ3n) is 4.12. The molecule has 1 aromatic carbocycles. The molecule has 0 aliphatic heterocycles. The van der Waals surface area contributed by atoms with Crippen LogP contribution in [0.5, 0.6) is 0 Å². The van der Waals surface area contributed by atoms with E-state index in [0.717, 1.165) is 10.1 Å². The number of nitrogens with zero attached hydrogens (tertiary/aromatic N) is 4. The topological polar surface area (TPSA) is 91.3 Å². The fourth-order valence-corrected chi connectivity index (χ4v) is 2.83. The monoisotopic (exact) mass is 378 g/mol. The van der Waals surface area contributed by atoms with Crippen molar-refractivity contribution in [2.24, 2.45) is 14.1 Å². The molecule has 1 N–H and O–H groups in total. The molecule has 0 saturated carbocycles. The van der Waals surface area contributed by atoms with E-state index in [1.165, 1.54) is 22.5 Å². The highest BCUT2D eigenvalue weighted by molar-refractivity contribution is 6.30. The number of hydrogen-bond donors (Lipinski definition) is 1. The molecule has 0 amide bonds. The molecule has 0 radical (unpaired) electrons. The Morgan fingerprint density at radius 3 is 2.58 bits per heavy atom. The first kappa shape index (κ1) is 18.4. The summed E-state index contributed by atoms with van der Waals surface area (Å²) in [6.45, 7) is 0.564. The van der Waals surface area contributed by atoms with E-state index in [2.05, 4.69) is 4.98 Å². The Morgan fingerprint density at radius 1 is 1.19 bits per heavy atom. The van der Waals surface area contributed by atoms with E-state index in [1.54, 1.807) is 19.2 Å². The van der Waals surface area contributed by atoms with Gasteiger partial charge in [0.05, 0.1) is 32.2 Å². The lowest BCUT2D eigenvalue weighted by atomic mass is 10.2. The summed E-state index contributed by atoms with van der Waals surface area (Å²) in [5.74, 6) is 0. The number of benzene rings is 1. The zero-order valence-corrected chi connectivity index (χ0v) is 15.2. The SMILES string of the molecule is Cn1c(=O)c2c(ncn2C[C@H](O)COCc2ccc(Cl)cc2)n(C)c1=O. The number of hydrogen-bond acceptors (Lipinski definition) is 5. The smallest absolute Gasteiger partial charge is 0.332 e. The maximum atomic E-state index is 12.4. The molecule has 2 heterocycles. The molecule has 0 aliphatic carbocycles. The van der Waals surface area contributed by atoms with Crippen LogP contribution in [0.15, 0.2) is 40.2 Å². The Hall–Kier alpha value is -2.42. The van der Waals surface area contributed by atoms with Gasteiger partial charge in [-0.2, -0.15) is 0 Å². The fraction of sp³-hybridized carbons (Fsp3) is 0.353. The summed E-state index contributed by atoms with van der Waals surface area (Å²) in [5.41, 5.74) is 0.603. The predicted molar refractivity (Wildman–Crippen MR) is 97.3 cm³/mol. The first-order chi connectivity index (χ1) is 12.4. The third kappa shape index (κ3) is 3.57. The van der Waals surface area contributed by atoms with Crippen molar-refractivity contribution in [3.8, 4) is 0 Å². The Kier molecular flexibility index (Phi) is 5.26. The van der Waals surface area contributed by atoms with Crippen LogP contribution < -0.4 is 11.2 Å². The summed E-state index contributed by atoms with van der Waals surface area (Å²) in [4.78, 5) is 28.4. The van der Waals surface area contributed by atoms with E-state index in [0.29, 0.717) is 11.6 Å². The minimum atomic E-state index is -0.832. The molecule has 1 atom stereocenters. The van der Waals surface area contributed by atoms with Crippen molar-refractivity contribution in [2.75, 3.05) is 6.61 Å². The van der Waals surface area contributed by atoms with E-state index in [-0.39, 0.29) is 24.3 Å². The van der Waals surface area contributed by atoms with Crippen molar-refractivity contribution >= 4 is 22.8 Å². The van der Waals surface area contributed by atoms with E-state index in [1.807, 2.05) is 12.1 Å². The van der Waals surface area contributed by atoms with Crippen LogP contribution in [-0.2, 0) is 32.0 Å². The van der Waals surface area contributed by atoms with Crippen LogP contribution in [0, 0.1) is 0 Å². The number of fused-ring (bicyclic) bond motifs is 1. The summed E-state index contributed by atoms with van der Waals surface area (Å²) in [6, 6.07) is 7.24. The van der Waals surface area contributed by atoms with Gasteiger partial charge < -0.3 is 14.4 Å². The average molecular weight is 379 g/mol. The van der Waals surface area contributed by atoms with E-state index < -0.39 is 17.4 Å². The average Bonchev–Trinajstić information content (AvgIpc) is 3.03. The van der Waals surface area contributed by atoms with Crippen LogP contribution in [-0.4, -0.2) is 36.5 Å². The van der Waals surface area contributed by atoms with Crippen LogP contribution >= 0.6 is 11.6 Å². The second-order valence-electron chi connectivity index (χ2n) is 6.07. The van der Waals surface area contributed by atoms with Gasteiger partial charge in [-0.05, 0) is 17.7 Å². The van der Waals surface area contributed by atoms with Crippen LogP contribution in [0.4, 0.5) is 0 Å². The van der Waals surface area contributed by atoms with Crippen molar-refractivity contribution in [1.82, 2.24) is 18.7 Å². The standard InChI is InChI=1S/C17H19ClN4O4/c1-20-15-14(16(24)21(2)17(20)25)22(10-19-15)7-13(23)9-26-8-11-3-5-12(18)6-4-11/h3-6,10,13,23H,7-9H2,1-2H3/t13-/m0/s1. The van der Waals surface area contributed by atoms with Gasteiger partial charge in [0.2, 0.25) is 0 Å². The molecular formula is C17H19ClN4O4. The number of rotatable bonds is 6. The maximum Gasteiger partial charge on any atom is 0.332 e. The summed E-state index contributed by atoms with van der Waals surface area (Å²) < 4.78 is 9.37. The van der Waals surface area contributed by atoms with Crippen LogP contribution in [0.2, 0.25) is 5.02 Å². The number of imidazole rings is 1. The van der Waals surface area contributed by atoms with E-state index in [4.69, 9.17) is 16.3 Å². The lowest BCUT2D eigenvalue weighted by Crippen LogP contribution is -2.38. The molecule has 0 spiro atoms. The van der Waals surface area contributed by atoms with Gasteiger partial charge in [0.1, 0.15) is 0 Å². The lowest BCUT2D eigenvalue weighted by molar-refractivity contribution is 0.0208. The van der Waals surface area contributed by atoms with Gasteiger partial charge in [-0.3, -0.25) is 13.9 Å². The van der Waals surface area contributed by atoms with Crippen LogP contribution in [0.1, 0.15) is 5.56 Å². The molecule has 0 fully saturated rings. The molecule has 3 rings (SSSR count). The molecule has 2 aromatic heterocycles. The number of aromatic nitrogens is 4. The zero-order chi connectivity index (χ0) is 18.8. The summed E-state index contributed by atoms with van der Waals surface area (Å²) in [5, 5.41) is 10.9. The van der Waals surface area contributed by atoms with Gasteiger partial charge in [0.25, 0.3) is 5.56 Å². The molecule has 0 unspecified atom stereocenters. The Balaban J connectivity index is 1.70. The second kappa shape index (κ2) is 7.45. The van der Waals surface area contributed by atoms with Gasteiger partial charge in [0.15, 0.2) is 11.2 Å². The van der Waals surface area contributed by atoms with Gasteiger partial charge in [-0.15, -0.1) is 0 Å². The Morgan fingerprint density at radius 2 is 1.88 bits per heavy atom. The van der Waals surface area contributed by atoms with Crippen molar-refractivity contribution < 1.29 is 9.84 Å². The molecule has 8 nitrogen and oxygen atoms in total. The molecule has 3 aromatic rings. The molecule has 9 heteroatoms. The minimum Gasteiger partial charge on any atom is -0.389 e. The molecule has 26 heavy (non-hydrogen) atoms. The van der Waals surface area contributed by atoms with Gasteiger partial charge >= 0.3 is 5.69 Å². The first-order valence-corrected chi connectivity index (χ1v) is 8.37. The predicted octanol–water partition coefficient (Wildman–Crippen LogP) is 0.665. The summed E-state index contributed by atoms with van der Waals surface area (Å²) in [6.07, 6.45) is 0.607. The lowest BCUT2D eigenvalue weighted by Gasteiger charge is -2.13. The molecule has 0 aliphatic rings. The van der Waals surface area contributed by atoms with Gasteiger partial charge in [-0.1, -0.05) is 23.7 Å². The van der Waals surface area contributed by atoms with E-state index in [9.17, 15) is 14.7 Å². The summed E-state index contributed by atoms with van der Waals surface area (Å²) in [7, 11) is 2.96. The van der Waals surface area contributed by atoms with Gasteiger partial charge in [-0.25, -0.2) is 9.78 Å². The van der Waals surface area contributed by atoms with Gasteiger partial charge in [0, 0.05) is 19.1 Å². The number of halogens is 1. The van der Waals surface area contributed by atoms with Crippen molar-refractivity contribution in [3.05, 3.63) is 62.0 Å². The normalized spacial score (nSPS) is 12.6. The number of aryl methyl sites for hydroxylation is 1. The number of aliphatic hydroxyl groups is 1. The largest absolute Gasteiger partial charge is 0.389 e. The zero-order valence-electron chi connectivity index (χ0n) is 14.4. The van der Waals surface area contributed by atoms with Crippen LogP contribution in [0.25, 0.3) is 11.2 Å². The highest BCUT2D eigenvalue weighted by Crippen LogP contribution is 2.11. The number of aliphatic hydroxyl groups excluding tert-OH is 1. The van der Waals surface area contributed by atoms with E-state index >= 15 is 0 Å². The third-order valence-corrected chi connectivity index (χ3v) is 4.37. The molecule has 0 saturated heterocycles. The first-order valence-electron chi connectivity index (χ1n) is 7.99.